The van der Waals surface area contributed by atoms with Crippen LogP contribution in [0.25, 0.3) is 0 Å². The molecule has 6 heteroatoms. The van der Waals surface area contributed by atoms with Crippen LogP contribution in [0.3, 0.4) is 0 Å². The second kappa shape index (κ2) is 6.04. The molecule has 0 spiro atoms. The maximum absolute atomic E-state index is 4.32. The lowest BCUT2D eigenvalue weighted by atomic mass is 9.79. The highest BCUT2D eigenvalue weighted by Crippen LogP contribution is 2.30. The smallest absolute Gasteiger partial charge is 0.248 e. The Balaban J connectivity index is 1.89. The zero-order valence-electron chi connectivity index (χ0n) is 12.2. The zero-order chi connectivity index (χ0) is 13.8. The summed E-state index contributed by atoms with van der Waals surface area (Å²) in [7, 11) is 3.84. The van der Waals surface area contributed by atoms with E-state index in [1.165, 1.54) is 19.3 Å². The van der Waals surface area contributed by atoms with Crippen LogP contribution in [0.5, 0.6) is 0 Å². The first-order valence-corrected chi connectivity index (χ1v) is 6.94. The van der Waals surface area contributed by atoms with E-state index in [0.29, 0.717) is 17.9 Å². The highest BCUT2D eigenvalue weighted by Gasteiger charge is 2.25. The number of H-pyrrole nitrogens is 1. The number of hydrogen-bond donors (Lipinski definition) is 2. The van der Waals surface area contributed by atoms with E-state index in [9.17, 15) is 0 Å². The van der Waals surface area contributed by atoms with Crippen LogP contribution in [0.2, 0.25) is 0 Å². The van der Waals surface area contributed by atoms with Crippen LogP contribution in [-0.2, 0) is 0 Å². The first-order chi connectivity index (χ1) is 9.04. The van der Waals surface area contributed by atoms with Gasteiger partial charge in [-0.25, -0.2) is 10.1 Å². The number of anilines is 1. The molecule has 1 fully saturated rings. The highest BCUT2D eigenvalue weighted by atomic mass is 15.3. The van der Waals surface area contributed by atoms with E-state index in [0.717, 1.165) is 11.8 Å². The lowest BCUT2D eigenvalue weighted by Gasteiger charge is -2.32. The second-order valence-electron chi connectivity index (χ2n) is 5.80. The Bertz CT molecular complexity index is 425. The van der Waals surface area contributed by atoms with Crippen molar-refractivity contribution in [3.05, 3.63) is 0 Å². The Morgan fingerprint density at radius 2 is 2.11 bits per heavy atom. The van der Waals surface area contributed by atoms with Crippen molar-refractivity contribution in [2.45, 2.75) is 39.2 Å². The Morgan fingerprint density at radius 1 is 1.32 bits per heavy atom. The molecule has 3 atom stereocenters. The van der Waals surface area contributed by atoms with E-state index < -0.39 is 0 Å². The average Bonchev–Trinajstić information content (AvgIpc) is 2.79. The Labute approximate surface area is 114 Å². The summed E-state index contributed by atoms with van der Waals surface area (Å²) in [6.45, 7) is 4.66. The monoisotopic (exact) mass is 264 g/mol. The van der Waals surface area contributed by atoms with Crippen molar-refractivity contribution in [1.29, 1.82) is 0 Å². The van der Waals surface area contributed by atoms with E-state index in [2.05, 4.69) is 39.3 Å². The topological polar surface area (TPSA) is 69.2 Å². The molecule has 1 saturated carbocycles. The Kier molecular flexibility index (Phi) is 4.39. The summed E-state index contributed by atoms with van der Waals surface area (Å²) in [6.07, 6.45) is 5.35. The van der Waals surface area contributed by atoms with Crippen LogP contribution >= 0.6 is 0 Å². The zero-order valence-corrected chi connectivity index (χ0v) is 12.2. The van der Waals surface area contributed by atoms with E-state index >= 15 is 0 Å². The van der Waals surface area contributed by atoms with Gasteiger partial charge in [0.2, 0.25) is 11.9 Å². The minimum absolute atomic E-state index is 0.479. The summed E-state index contributed by atoms with van der Waals surface area (Å²) >= 11 is 0. The lowest BCUT2D eigenvalue weighted by Crippen LogP contribution is -2.30. The fourth-order valence-corrected chi connectivity index (χ4v) is 2.41. The van der Waals surface area contributed by atoms with Crippen LogP contribution in [0.15, 0.2) is 4.99 Å². The minimum atomic E-state index is 0.479. The van der Waals surface area contributed by atoms with E-state index in [4.69, 9.17) is 0 Å². The van der Waals surface area contributed by atoms with Crippen LogP contribution in [0.1, 0.15) is 33.1 Å². The van der Waals surface area contributed by atoms with E-state index in [1.54, 1.807) is 6.34 Å². The predicted molar refractivity (Wildman–Crippen MR) is 77.8 cm³/mol. The van der Waals surface area contributed by atoms with E-state index in [-0.39, 0.29) is 0 Å². The molecule has 19 heavy (non-hydrogen) atoms. The molecule has 1 aliphatic rings. The maximum Gasteiger partial charge on any atom is 0.248 e. The number of aliphatic imine (C=N–C) groups is 1. The molecule has 0 aromatic carbocycles. The van der Waals surface area contributed by atoms with Crippen molar-refractivity contribution in [3.63, 3.8) is 0 Å². The second-order valence-corrected chi connectivity index (χ2v) is 5.80. The van der Waals surface area contributed by atoms with Crippen LogP contribution in [0.4, 0.5) is 11.9 Å². The summed E-state index contributed by atoms with van der Waals surface area (Å²) < 4.78 is 0. The Morgan fingerprint density at radius 3 is 2.79 bits per heavy atom. The van der Waals surface area contributed by atoms with Gasteiger partial charge < -0.3 is 10.2 Å². The Hall–Kier alpha value is -1.59. The predicted octanol–water partition coefficient (Wildman–Crippen LogP) is 2.26. The molecular formula is C13H24N6. The van der Waals surface area contributed by atoms with Gasteiger partial charge in [-0.1, -0.05) is 13.8 Å². The van der Waals surface area contributed by atoms with Gasteiger partial charge in [-0.05, 0) is 31.1 Å². The number of aromatic nitrogens is 3. The normalized spacial score (nSPS) is 27.7. The molecule has 0 unspecified atom stereocenters. The summed E-state index contributed by atoms with van der Waals surface area (Å²) in [5.74, 6) is 2.77. The van der Waals surface area contributed by atoms with E-state index in [1.807, 2.05) is 19.0 Å². The van der Waals surface area contributed by atoms with Gasteiger partial charge in [0.25, 0.3) is 0 Å². The van der Waals surface area contributed by atoms with Gasteiger partial charge in [-0.2, -0.15) is 4.98 Å². The highest BCUT2D eigenvalue weighted by molar-refractivity contribution is 5.57. The fourth-order valence-electron chi connectivity index (χ4n) is 2.41. The van der Waals surface area contributed by atoms with Gasteiger partial charge in [-0.15, -0.1) is 5.10 Å². The molecule has 0 amide bonds. The van der Waals surface area contributed by atoms with Gasteiger partial charge in [0.1, 0.15) is 0 Å². The summed E-state index contributed by atoms with van der Waals surface area (Å²) in [5.41, 5.74) is 0. The molecular weight excluding hydrogens is 240 g/mol. The standard InChI is InChI=1S/C13H24N6/c1-9-5-6-11(7-10(9)2)15-13-16-12(17-18-13)14-8-19(3)4/h8-11H,5-7H2,1-4H3,(H2,15,16,17,18)/t9-,10-,11+/m0/s1. The van der Waals surface area contributed by atoms with Gasteiger partial charge in [0, 0.05) is 20.1 Å². The third-order valence-corrected chi connectivity index (χ3v) is 3.82. The molecule has 6 nitrogen and oxygen atoms in total. The lowest BCUT2D eigenvalue weighted by molar-refractivity contribution is 0.260. The first kappa shape index (κ1) is 13.8. The van der Waals surface area contributed by atoms with Crippen molar-refractivity contribution in [2.24, 2.45) is 16.8 Å². The molecule has 1 aliphatic carbocycles. The van der Waals surface area contributed by atoms with Crippen molar-refractivity contribution in [1.82, 2.24) is 20.1 Å². The first-order valence-electron chi connectivity index (χ1n) is 6.94. The van der Waals surface area contributed by atoms with Crippen molar-refractivity contribution >= 4 is 18.2 Å². The molecule has 0 bridgehead atoms. The quantitative estimate of drug-likeness (QED) is 0.646. The fraction of sp³-hybridized carbons (Fsp3) is 0.769. The number of nitrogens with zero attached hydrogens (tertiary/aromatic N) is 4. The maximum atomic E-state index is 4.32. The van der Waals surface area contributed by atoms with Crippen LogP contribution < -0.4 is 5.32 Å². The van der Waals surface area contributed by atoms with Crippen molar-refractivity contribution < 1.29 is 0 Å². The van der Waals surface area contributed by atoms with Gasteiger partial charge >= 0.3 is 0 Å². The van der Waals surface area contributed by atoms with Crippen LogP contribution in [-0.4, -0.2) is 46.6 Å². The van der Waals surface area contributed by atoms with Gasteiger partial charge in [-0.3, -0.25) is 0 Å². The largest absolute Gasteiger partial charge is 0.369 e. The molecule has 0 aliphatic heterocycles. The summed E-state index contributed by atoms with van der Waals surface area (Å²) in [6, 6.07) is 0.479. The molecule has 2 N–H and O–H groups in total. The minimum Gasteiger partial charge on any atom is -0.369 e. The molecule has 106 valence electrons. The van der Waals surface area contributed by atoms with Gasteiger partial charge in [0.05, 0.1) is 6.34 Å². The molecule has 1 aromatic heterocycles. The third-order valence-electron chi connectivity index (χ3n) is 3.82. The number of hydrogen-bond acceptors (Lipinski definition) is 4. The SMILES string of the molecule is C[C@H]1CC[C@@H](Nc2n[nH]c(N=CN(C)C)n2)C[C@@H]1C. The summed E-state index contributed by atoms with van der Waals surface area (Å²) in [4.78, 5) is 10.4. The van der Waals surface area contributed by atoms with Crippen LogP contribution in [0, 0.1) is 11.8 Å². The summed E-state index contributed by atoms with van der Waals surface area (Å²) in [5, 5.41) is 10.4. The average molecular weight is 264 g/mol. The van der Waals surface area contributed by atoms with Crippen molar-refractivity contribution in [3.8, 4) is 0 Å². The number of nitrogens with one attached hydrogen (secondary N) is 2. The molecule has 0 saturated heterocycles. The number of aromatic amines is 1. The third kappa shape index (κ3) is 3.94. The molecule has 1 heterocycles. The molecule has 1 aromatic rings. The molecule has 0 radical (unpaired) electrons. The number of rotatable bonds is 4. The van der Waals surface area contributed by atoms with Crippen molar-refractivity contribution in [2.75, 3.05) is 19.4 Å². The molecule has 2 rings (SSSR count). The van der Waals surface area contributed by atoms with Gasteiger partial charge in [0.15, 0.2) is 0 Å².